The van der Waals surface area contributed by atoms with Gasteiger partial charge in [0, 0.05) is 41.4 Å². The van der Waals surface area contributed by atoms with Crippen molar-refractivity contribution >= 4 is 5.69 Å². The van der Waals surface area contributed by atoms with Crippen molar-refractivity contribution in [1.82, 2.24) is 9.78 Å². The fourth-order valence-electron chi connectivity index (χ4n) is 6.10. The zero-order chi connectivity index (χ0) is 30.6. The summed E-state index contributed by atoms with van der Waals surface area (Å²) in [4.78, 5) is 16.9. The second-order valence-corrected chi connectivity index (χ2v) is 11.0. The molecule has 5 aromatic rings. The molecule has 1 aliphatic heterocycles. The number of aromatic nitrogens is 2. The van der Waals surface area contributed by atoms with Gasteiger partial charge in [0.2, 0.25) is 0 Å². The van der Waals surface area contributed by atoms with Crippen LogP contribution in [0, 0.1) is 18.6 Å². The van der Waals surface area contributed by atoms with Crippen LogP contribution in [0.4, 0.5) is 14.5 Å². The van der Waals surface area contributed by atoms with Crippen molar-refractivity contribution in [2.75, 3.05) is 31.2 Å². The SMILES string of the molecule is Cc1nn(Cc2ccccc2N2CCOCC2)c(=O)c(C(Cc2cccc(F)c2)c2cccc(F)c2)c1-c1ccccc1O. The number of ether oxygens (including phenoxy) is 1. The number of phenols is 1. The summed E-state index contributed by atoms with van der Waals surface area (Å²) in [5.74, 6) is -1.51. The highest BCUT2D eigenvalue weighted by Crippen LogP contribution is 2.39. The Kier molecular flexibility index (Phi) is 8.52. The first-order valence-corrected chi connectivity index (χ1v) is 14.7. The van der Waals surface area contributed by atoms with Gasteiger partial charge >= 0.3 is 0 Å². The number of aryl methyl sites for hydroxylation is 1. The van der Waals surface area contributed by atoms with Gasteiger partial charge in [0.25, 0.3) is 5.56 Å². The van der Waals surface area contributed by atoms with E-state index in [1.54, 1.807) is 55.5 Å². The van der Waals surface area contributed by atoms with E-state index in [2.05, 4.69) is 4.90 Å². The van der Waals surface area contributed by atoms with Crippen molar-refractivity contribution in [1.29, 1.82) is 0 Å². The first-order chi connectivity index (χ1) is 21.4. The largest absolute Gasteiger partial charge is 0.507 e. The first-order valence-electron chi connectivity index (χ1n) is 14.7. The molecule has 0 saturated carbocycles. The van der Waals surface area contributed by atoms with Crippen molar-refractivity contribution in [3.8, 4) is 16.9 Å². The molecule has 8 heteroatoms. The average Bonchev–Trinajstić information content (AvgIpc) is 3.03. The predicted molar refractivity (Wildman–Crippen MR) is 167 cm³/mol. The lowest BCUT2D eigenvalue weighted by atomic mass is 9.82. The Morgan fingerprint density at radius 1 is 0.886 bits per heavy atom. The molecule has 2 heterocycles. The predicted octanol–water partition coefficient (Wildman–Crippen LogP) is 6.46. The van der Waals surface area contributed by atoms with E-state index < -0.39 is 17.6 Å². The summed E-state index contributed by atoms with van der Waals surface area (Å²) >= 11 is 0. The monoisotopic (exact) mass is 593 g/mol. The minimum absolute atomic E-state index is 0.00258. The minimum atomic E-state index is -0.669. The average molecular weight is 594 g/mol. The second kappa shape index (κ2) is 12.8. The lowest BCUT2D eigenvalue weighted by Crippen LogP contribution is -2.37. The van der Waals surface area contributed by atoms with Crippen LogP contribution in [0.3, 0.4) is 0 Å². The highest BCUT2D eigenvalue weighted by molar-refractivity contribution is 5.75. The molecule has 0 radical (unpaired) electrons. The van der Waals surface area contributed by atoms with Crippen LogP contribution in [0.5, 0.6) is 5.75 Å². The van der Waals surface area contributed by atoms with Crippen LogP contribution in [-0.4, -0.2) is 41.2 Å². The number of anilines is 1. The van der Waals surface area contributed by atoms with Gasteiger partial charge in [-0.1, -0.05) is 60.7 Å². The van der Waals surface area contributed by atoms with E-state index in [1.807, 2.05) is 24.3 Å². The number of nitrogens with zero attached hydrogens (tertiary/aromatic N) is 3. The number of rotatable bonds is 8. The Hall–Kier alpha value is -4.82. The van der Waals surface area contributed by atoms with Crippen LogP contribution >= 0.6 is 0 Å². The maximum absolute atomic E-state index is 14.7. The Morgan fingerprint density at radius 3 is 2.34 bits per heavy atom. The van der Waals surface area contributed by atoms with Crippen molar-refractivity contribution in [3.63, 3.8) is 0 Å². The molecule has 44 heavy (non-hydrogen) atoms. The summed E-state index contributed by atoms with van der Waals surface area (Å²) < 4.78 is 36.0. The first kappa shape index (κ1) is 29.3. The Bertz CT molecular complexity index is 1850. The van der Waals surface area contributed by atoms with Gasteiger partial charge in [0.1, 0.15) is 17.4 Å². The van der Waals surface area contributed by atoms with Gasteiger partial charge in [-0.05, 0) is 66.4 Å². The molecular formula is C36H33F2N3O3. The molecule has 224 valence electrons. The number of para-hydroxylation sites is 2. The minimum Gasteiger partial charge on any atom is -0.507 e. The number of hydrogen-bond acceptors (Lipinski definition) is 5. The molecule has 1 N–H and O–H groups in total. The summed E-state index contributed by atoms with van der Waals surface area (Å²) in [6.45, 7) is 4.74. The Morgan fingerprint density at radius 2 is 1.59 bits per heavy atom. The van der Waals surface area contributed by atoms with Gasteiger partial charge in [0.15, 0.2) is 0 Å². The maximum Gasteiger partial charge on any atom is 0.271 e. The topological polar surface area (TPSA) is 67.6 Å². The van der Waals surface area contributed by atoms with E-state index in [0.717, 1.165) is 24.3 Å². The molecule has 1 unspecified atom stereocenters. The third-order valence-electron chi connectivity index (χ3n) is 8.13. The third kappa shape index (κ3) is 6.12. The molecule has 6 nitrogen and oxygen atoms in total. The zero-order valence-electron chi connectivity index (χ0n) is 24.4. The van der Waals surface area contributed by atoms with Crippen LogP contribution < -0.4 is 10.5 Å². The summed E-state index contributed by atoms with van der Waals surface area (Å²) in [7, 11) is 0. The molecule has 1 aliphatic rings. The maximum atomic E-state index is 14.7. The highest BCUT2D eigenvalue weighted by atomic mass is 19.1. The van der Waals surface area contributed by atoms with Crippen LogP contribution in [0.15, 0.2) is 102 Å². The summed E-state index contributed by atoms with van der Waals surface area (Å²) in [5.41, 5.74) is 4.61. The third-order valence-corrected chi connectivity index (χ3v) is 8.13. The van der Waals surface area contributed by atoms with Gasteiger partial charge < -0.3 is 14.7 Å². The van der Waals surface area contributed by atoms with E-state index in [-0.39, 0.29) is 24.3 Å². The van der Waals surface area contributed by atoms with Gasteiger partial charge in [-0.25, -0.2) is 13.5 Å². The van der Waals surface area contributed by atoms with Crippen LogP contribution in [0.25, 0.3) is 11.1 Å². The molecule has 1 fully saturated rings. The summed E-state index contributed by atoms with van der Waals surface area (Å²) in [6.07, 6.45) is 0.227. The van der Waals surface area contributed by atoms with Gasteiger partial charge in [0.05, 0.1) is 25.5 Å². The van der Waals surface area contributed by atoms with Crippen LogP contribution in [0.1, 0.15) is 33.9 Å². The smallest absolute Gasteiger partial charge is 0.271 e. The molecule has 1 atom stereocenters. The standard InChI is InChI=1S/C36H33F2N3O3/c1-24-34(30-13-3-5-15-33(30)42)35(31(26-10-7-12-29(38)22-26)21-25-8-6-11-28(37)20-25)36(43)41(39-24)23-27-9-2-4-14-32(27)40-16-18-44-19-17-40/h2-15,20,22,31,42H,16-19,21,23H2,1H3. The lowest BCUT2D eigenvalue weighted by Gasteiger charge is -2.30. The number of halogens is 2. The van der Waals surface area contributed by atoms with E-state index in [1.165, 1.54) is 28.9 Å². The molecule has 0 aliphatic carbocycles. The Balaban J connectivity index is 1.57. The summed E-state index contributed by atoms with van der Waals surface area (Å²) in [5, 5.41) is 15.7. The number of benzene rings is 4. The van der Waals surface area contributed by atoms with Crippen molar-refractivity contribution in [3.05, 3.63) is 147 Å². The zero-order valence-corrected chi connectivity index (χ0v) is 24.4. The molecule has 0 amide bonds. The number of hydrogen-bond donors (Lipinski definition) is 1. The van der Waals surface area contributed by atoms with Gasteiger partial charge in [-0.3, -0.25) is 4.79 Å². The fraction of sp³-hybridized carbons (Fsp3) is 0.222. The van der Waals surface area contributed by atoms with Crippen molar-refractivity contribution in [2.45, 2.75) is 25.8 Å². The molecule has 1 aromatic heterocycles. The molecule has 1 saturated heterocycles. The number of morpholine rings is 1. The van der Waals surface area contributed by atoms with Crippen molar-refractivity contribution in [2.24, 2.45) is 0 Å². The van der Waals surface area contributed by atoms with E-state index >= 15 is 0 Å². The molecule has 0 spiro atoms. The number of phenolic OH excluding ortho intramolecular Hbond substituents is 1. The summed E-state index contributed by atoms with van der Waals surface area (Å²) in [6, 6.07) is 27.1. The fourth-order valence-corrected chi connectivity index (χ4v) is 6.10. The number of aromatic hydroxyl groups is 1. The van der Waals surface area contributed by atoms with E-state index in [0.29, 0.717) is 46.7 Å². The Labute approximate surface area is 254 Å². The van der Waals surface area contributed by atoms with Gasteiger partial charge in [-0.15, -0.1) is 0 Å². The second-order valence-electron chi connectivity index (χ2n) is 11.0. The van der Waals surface area contributed by atoms with E-state index in [4.69, 9.17) is 9.84 Å². The normalized spacial score (nSPS) is 14.0. The van der Waals surface area contributed by atoms with E-state index in [9.17, 15) is 18.7 Å². The molecular weight excluding hydrogens is 560 g/mol. The van der Waals surface area contributed by atoms with Gasteiger partial charge in [-0.2, -0.15) is 5.10 Å². The molecule has 0 bridgehead atoms. The lowest BCUT2D eigenvalue weighted by molar-refractivity contribution is 0.122. The quantitative estimate of drug-likeness (QED) is 0.224. The highest BCUT2D eigenvalue weighted by Gasteiger charge is 2.28. The van der Waals surface area contributed by atoms with Crippen LogP contribution in [-0.2, 0) is 17.7 Å². The molecule has 6 rings (SSSR count). The van der Waals surface area contributed by atoms with Crippen molar-refractivity contribution < 1.29 is 18.6 Å². The van der Waals surface area contributed by atoms with Crippen LogP contribution in [0.2, 0.25) is 0 Å². The molecule has 4 aromatic carbocycles.